The molecule has 3 aliphatic heterocycles. The highest BCUT2D eigenvalue weighted by Gasteiger charge is 2.22. The molecule has 0 amide bonds. The fourth-order valence-corrected chi connectivity index (χ4v) is 9.95. The average molecular weight is 1120 g/mol. The number of ether oxygens (including phenoxy) is 3. The Morgan fingerprint density at radius 3 is 1.41 bits per heavy atom. The Hall–Kier alpha value is -11.5. The lowest BCUT2D eigenvalue weighted by Gasteiger charge is -2.07. The molecule has 4 aromatic carbocycles. The summed E-state index contributed by atoms with van der Waals surface area (Å²) < 4.78 is 28.3. The van der Waals surface area contributed by atoms with Crippen molar-refractivity contribution in [2.75, 3.05) is 16.0 Å². The molecule has 12 aromatic rings. The van der Waals surface area contributed by atoms with Gasteiger partial charge in [-0.1, -0.05) is 29.3 Å². The fraction of sp³-hybridized carbons (Fsp3) is 0.141. The van der Waals surface area contributed by atoms with Crippen molar-refractivity contribution in [3.05, 3.63) is 221 Å². The Kier molecular flexibility index (Phi) is 14.4. The van der Waals surface area contributed by atoms with Crippen LogP contribution in [0.15, 0.2) is 184 Å². The van der Waals surface area contributed by atoms with E-state index in [-0.39, 0.29) is 0 Å². The van der Waals surface area contributed by atoms with Crippen LogP contribution < -0.4 is 30.2 Å². The van der Waals surface area contributed by atoms with Gasteiger partial charge in [0.1, 0.15) is 47.5 Å². The van der Waals surface area contributed by atoms with Crippen LogP contribution in [0.1, 0.15) is 56.4 Å². The number of rotatable bonds is 11. The summed E-state index contributed by atoms with van der Waals surface area (Å²) in [5.41, 5.74) is 14.4. The van der Waals surface area contributed by atoms with Crippen molar-refractivity contribution in [3.8, 4) is 35.7 Å². The first-order chi connectivity index (χ1) is 41.7. The smallest absolute Gasteiger partial charge is 0.246 e. The van der Waals surface area contributed by atoms with Crippen molar-refractivity contribution in [3.63, 3.8) is 0 Å². The second kappa shape index (κ2) is 23.1. The van der Waals surface area contributed by atoms with Crippen molar-refractivity contribution in [2.45, 2.75) is 39.8 Å². The van der Waals surface area contributed by atoms with Crippen molar-refractivity contribution in [1.29, 1.82) is 0 Å². The zero-order valence-electron chi connectivity index (χ0n) is 46.6. The van der Waals surface area contributed by atoms with E-state index in [1.807, 2.05) is 160 Å². The summed E-state index contributed by atoms with van der Waals surface area (Å²) in [6.45, 7) is 4.57. The molecule has 21 heteroatoms. The third kappa shape index (κ3) is 11.3. The molecule has 0 saturated heterocycles. The molecule has 0 fully saturated rings. The zero-order chi connectivity index (χ0) is 57.8. The second-order valence-corrected chi connectivity index (χ2v) is 20.0. The molecule has 85 heavy (non-hydrogen) atoms. The van der Waals surface area contributed by atoms with Gasteiger partial charge in [0.25, 0.3) is 0 Å². The monoisotopic (exact) mass is 1120 g/mol. The molecule has 3 aliphatic rings. The van der Waals surface area contributed by atoms with Gasteiger partial charge in [-0.25, -0.2) is 0 Å². The lowest BCUT2D eigenvalue weighted by molar-refractivity contribution is 0.278. The molecule has 0 bridgehead atoms. The third-order valence-corrected chi connectivity index (χ3v) is 14.2. The van der Waals surface area contributed by atoms with Crippen LogP contribution in [0, 0.1) is 19.3 Å². The maximum atomic E-state index is 5.98. The predicted molar refractivity (Wildman–Crippen MR) is 325 cm³/mol. The molecule has 0 aliphatic carbocycles. The van der Waals surface area contributed by atoms with Crippen molar-refractivity contribution in [2.24, 2.45) is 36.1 Å². The summed E-state index contributed by atoms with van der Waals surface area (Å²) in [5, 5.41) is 30.4. The summed E-state index contributed by atoms with van der Waals surface area (Å²) in [4.78, 5) is 31.0. The van der Waals surface area contributed by atoms with Gasteiger partial charge in [0.2, 0.25) is 17.6 Å². The average Bonchev–Trinajstić information content (AvgIpc) is 4.61. The maximum Gasteiger partial charge on any atom is 0.246 e. The lowest BCUT2D eigenvalue weighted by atomic mass is 10.2. The standard InChI is InChI=1S/C23H17N5O.C21H18N6O.C20H18N6O2/c1-3-15-6-9-18(10-7-15)29-23-19-11-8-17(13-20(19)28(2)27-23)26-22-21-16(14-25-22)5-4-12-24-21;1-27-18-11-16(25-20-19-15(12-24-20)3-2-8-23-19)4-5-17(18)21(26-27)28-13-14-6-9-22-10-7-14;1-12-8-15(25-28-12)11-27-20-16-6-5-14(9-17(16)26(2)24-20)23-19-18-13(10-22-19)4-3-7-21-18/h1,4-13H,14H2,2H3,(H,25,26);2-11H,12-13H2,1H3,(H,24,25);3-9H,10-11H2,1-2H3,(H,22,23). The molecular weight excluding hydrogens is 1070 g/mol. The molecule has 8 aromatic heterocycles. The van der Waals surface area contributed by atoms with Crippen LogP contribution in [-0.2, 0) is 54.0 Å². The minimum absolute atomic E-state index is 0.308. The third-order valence-electron chi connectivity index (χ3n) is 14.2. The fourth-order valence-electron chi connectivity index (χ4n) is 9.95. The van der Waals surface area contributed by atoms with Crippen LogP contribution in [0.3, 0.4) is 0 Å². The number of terminal acetylenes is 1. The van der Waals surface area contributed by atoms with E-state index in [0.29, 0.717) is 56.2 Å². The molecule has 15 rings (SSSR count). The van der Waals surface area contributed by atoms with Gasteiger partial charge in [-0.2, -0.15) is 0 Å². The Morgan fingerprint density at radius 2 is 0.965 bits per heavy atom. The first kappa shape index (κ1) is 52.8. The summed E-state index contributed by atoms with van der Waals surface area (Å²) in [6.07, 6.45) is 14.3. The largest absolute Gasteiger partial charge is 0.471 e. The number of nitrogens with zero attached hydrogens (tertiary/aromatic N) is 14. The van der Waals surface area contributed by atoms with Crippen LogP contribution in [0.4, 0.5) is 17.1 Å². The number of anilines is 3. The number of aliphatic imine (C=N–C) groups is 3. The molecule has 0 atom stereocenters. The van der Waals surface area contributed by atoms with Crippen molar-refractivity contribution < 1.29 is 18.7 Å². The molecule has 0 saturated carbocycles. The van der Waals surface area contributed by atoms with Crippen molar-refractivity contribution in [1.82, 2.24) is 54.4 Å². The van der Waals surface area contributed by atoms with Crippen LogP contribution in [0.25, 0.3) is 32.7 Å². The quantitative estimate of drug-likeness (QED) is 0.102. The molecular formula is C64H53N17O4. The molecule has 3 N–H and O–H groups in total. The van der Waals surface area contributed by atoms with Gasteiger partial charge in [-0.05, 0) is 122 Å². The number of hydrogen-bond donors (Lipinski definition) is 3. The number of benzene rings is 4. The van der Waals surface area contributed by atoms with Gasteiger partial charge >= 0.3 is 0 Å². The van der Waals surface area contributed by atoms with Gasteiger partial charge in [0, 0.05) is 97.5 Å². The molecule has 11 heterocycles. The minimum atomic E-state index is 0.308. The van der Waals surface area contributed by atoms with E-state index >= 15 is 0 Å². The number of aromatic nitrogens is 11. The first-order valence-corrected chi connectivity index (χ1v) is 27.1. The van der Waals surface area contributed by atoms with Crippen LogP contribution in [-0.4, -0.2) is 71.9 Å². The molecule has 0 radical (unpaired) electrons. The molecule has 0 spiro atoms. The summed E-state index contributed by atoms with van der Waals surface area (Å²) >= 11 is 0. The van der Waals surface area contributed by atoms with Gasteiger partial charge in [-0.15, -0.1) is 21.7 Å². The number of amidine groups is 3. The summed E-state index contributed by atoms with van der Waals surface area (Å²) in [7, 11) is 5.70. The van der Waals surface area contributed by atoms with E-state index in [1.165, 1.54) is 0 Å². The van der Waals surface area contributed by atoms with E-state index in [4.69, 9.17) is 25.2 Å². The normalized spacial score (nSPS) is 12.6. The van der Waals surface area contributed by atoms with Crippen LogP contribution >= 0.6 is 0 Å². The number of fused-ring (bicyclic) bond motifs is 6. The topological polar surface area (TPSA) is 232 Å². The van der Waals surface area contributed by atoms with Gasteiger partial charge in [0.05, 0.1) is 52.3 Å². The number of hydrogen-bond acceptors (Lipinski definition) is 18. The highest BCUT2D eigenvalue weighted by molar-refractivity contribution is 6.11. The van der Waals surface area contributed by atoms with Crippen molar-refractivity contribution >= 4 is 67.3 Å². The molecule has 21 nitrogen and oxygen atoms in total. The summed E-state index contributed by atoms with van der Waals surface area (Å²) in [5.74, 6) is 8.14. The minimum Gasteiger partial charge on any atom is -0.471 e. The van der Waals surface area contributed by atoms with E-state index < -0.39 is 0 Å². The highest BCUT2D eigenvalue weighted by atomic mass is 16.5. The molecule has 0 unspecified atom stereocenters. The van der Waals surface area contributed by atoms with Gasteiger partial charge < -0.3 is 34.7 Å². The SMILES string of the molecule is C#Cc1ccc(Oc2nn(C)c3cc(NC4=NCc5cccnc54)ccc23)cc1.Cc1cc(COc2nn(C)c3cc(NC4=NCc5cccnc54)ccc23)no1.Cn1nc(OCc2ccncc2)c2ccc(NC3=NCc4cccnc43)cc21. The number of pyridine rings is 4. The Morgan fingerprint density at radius 1 is 0.518 bits per heavy atom. The van der Waals surface area contributed by atoms with E-state index in [9.17, 15) is 0 Å². The predicted octanol–water partition coefficient (Wildman–Crippen LogP) is 10.6. The van der Waals surface area contributed by atoms with E-state index in [2.05, 4.69) is 83.3 Å². The van der Waals surface area contributed by atoms with Crippen LogP contribution in [0.5, 0.6) is 23.4 Å². The maximum absolute atomic E-state index is 5.98. The Labute approximate surface area is 486 Å². The van der Waals surface area contributed by atoms with Gasteiger partial charge in [-0.3, -0.25) is 49.0 Å². The van der Waals surface area contributed by atoms with E-state index in [1.54, 1.807) is 40.3 Å². The number of aryl methyl sites for hydroxylation is 4. The van der Waals surface area contributed by atoms with Gasteiger partial charge in [0.15, 0.2) is 17.5 Å². The Balaban J connectivity index is 0.000000119. The zero-order valence-corrected chi connectivity index (χ0v) is 46.6. The first-order valence-electron chi connectivity index (χ1n) is 27.1. The number of nitrogens with one attached hydrogen (secondary N) is 3. The lowest BCUT2D eigenvalue weighted by Crippen LogP contribution is -2.13. The van der Waals surface area contributed by atoms with Crippen LogP contribution in [0.2, 0.25) is 0 Å². The Bertz CT molecular complexity index is 4610. The van der Waals surface area contributed by atoms with E-state index in [0.717, 1.165) is 124 Å². The molecule has 418 valence electrons. The summed E-state index contributed by atoms with van der Waals surface area (Å²) in [6, 6.07) is 43.1. The second-order valence-electron chi connectivity index (χ2n) is 20.0. The highest BCUT2D eigenvalue weighted by Crippen LogP contribution is 2.33.